The Labute approximate surface area is 163 Å². The summed E-state index contributed by atoms with van der Waals surface area (Å²) in [7, 11) is 3.18. The van der Waals surface area contributed by atoms with Crippen LogP contribution in [-0.4, -0.2) is 48.0 Å². The summed E-state index contributed by atoms with van der Waals surface area (Å²) in [6.07, 6.45) is 2.92. The largest absolute Gasteiger partial charge is 0.481 e. The lowest BCUT2D eigenvalue weighted by molar-refractivity contribution is -0.136. The molecule has 0 bridgehead atoms. The Morgan fingerprint density at radius 1 is 1.29 bits per heavy atom. The molecule has 1 amide bonds. The van der Waals surface area contributed by atoms with Gasteiger partial charge in [-0.2, -0.15) is 4.98 Å². The quantitative estimate of drug-likeness (QED) is 0.785. The summed E-state index contributed by atoms with van der Waals surface area (Å²) in [5, 5.41) is 0. The lowest BCUT2D eigenvalue weighted by Gasteiger charge is -2.35. The van der Waals surface area contributed by atoms with Crippen molar-refractivity contribution in [2.24, 2.45) is 5.92 Å². The number of ether oxygens (including phenoxy) is 1. The third kappa shape index (κ3) is 4.21. The minimum absolute atomic E-state index is 0.0672. The van der Waals surface area contributed by atoms with E-state index in [0.29, 0.717) is 37.8 Å². The van der Waals surface area contributed by atoms with E-state index in [1.54, 1.807) is 33.3 Å². The molecule has 1 aromatic carbocycles. The average Bonchev–Trinajstić information content (AvgIpc) is 2.74. The van der Waals surface area contributed by atoms with Crippen molar-refractivity contribution in [2.45, 2.75) is 25.8 Å². The molecule has 1 aromatic heterocycles. The van der Waals surface area contributed by atoms with Crippen LogP contribution in [0, 0.1) is 17.6 Å². The van der Waals surface area contributed by atoms with Crippen molar-refractivity contribution < 1.29 is 18.3 Å². The molecular formula is C20H24F2N4O2. The van der Waals surface area contributed by atoms with Crippen LogP contribution in [0.1, 0.15) is 31.4 Å². The molecular weight excluding hydrogens is 366 g/mol. The zero-order chi connectivity index (χ0) is 20.3. The molecule has 1 saturated heterocycles. The van der Waals surface area contributed by atoms with E-state index in [0.717, 1.165) is 18.2 Å². The molecule has 0 radical (unpaired) electrons. The number of nitrogens with zero attached hydrogens (tertiary/aromatic N) is 4. The van der Waals surface area contributed by atoms with Crippen molar-refractivity contribution in [3.05, 3.63) is 47.7 Å². The second-order valence-corrected chi connectivity index (χ2v) is 6.95. The van der Waals surface area contributed by atoms with Crippen LogP contribution >= 0.6 is 0 Å². The number of aromatic nitrogens is 2. The smallest absolute Gasteiger partial charge is 0.228 e. The van der Waals surface area contributed by atoms with Gasteiger partial charge in [0.15, 0.2) is 0 Å². The number of piperidine rings is 1. The number of amides is 1. The molecule has 2 aromatic rings. The van der Waals surface area contributed by atoms with Crippen molar-refractivity contribution in [2.75, 3.05) is 32.1 Å². The van der Waals surface area contributed by atoms with Crippen molar-refractivity contribution in [3.63, 3.8) is 0 Å². The zero-order valence-corrected chi connectivity index (χ0v) is 16.2. The molecule has 1 aliphatic heterocycles. The van der Waals surface area contributed by atoms with E-state index in [4.69, 9.17) is 4.74 Å². The second-order valence-electron chi connectivity index (χ2n) is 6.95. The fourth-order valence-electron chi connectivity index (χ4n) is 3.45. The fourth-order valence-corrected chi connectivity index (χ4v) is 3.45. The van der Waals surface area contributed by atoms with Crippen LogP contribution in [0.4, 0.5) is 14.7 Å². The first-order valence-corrected chi connectivity index (χ1v) is 9.24. The Bertz CT molecular complexity index is 841. The molecule has 28 heavy (non-hydrogen) atoms. The van der Waals surface area contributed by atoms with Crippen molar-refractivity contribution in [1.29, 1.82) is 0 Å². The maximum atomic E-state index is 14.1. The van der Waals surface area contributed by atoms with Gasteiger partial charge < -0.3 is 14.5 Å². The highest BCUT2D eigenvalue weighted by molar-refractivity contribution is 5.79. The molecule has 1 fully saturated rings. The molecule has 150 valence electrons. The van der Waals surface area contributed by atoms with Crippen LogP contribution in [0.15, 0.2) is 30.5 Å². The van der Waals surface area contributed by atoms with E-state index in [9.17, 15) is 13.6 Å². The number of carbonyl (C=O) groups excluding carboxylic acids is 1. The minimum Gasteiger partial charge on any atom is -0.481 e. The van der Waals surface area contributed by atoms with Crippen molar-refractivity contribution >= 4 is 11.9 Å². The van der Waals surface area contributed by atoms with Gasteiger partial charge in [-0.1, -0.05) is 0 Å². The van der Waals surface area contributed by atoms with Gasteiger partial charge in [0.25, 0.3) is 0 Å². The van der Waals surface area contributed by atoms with Crippen LogP contribution < -0.4 is 9.64 Å². The maximum Gasteiger partial charge on any atom is 0.228 e. The highest BCUT2D eigenvalue weighted by atomic mass is 19.1. The van der Waals surface area contributed by atoms with Gasteiger partial charge in [-0.25, -0.2) is 13.8 Å². The van der Waals surface area contributed by atoms with Gasteiger partial charge in [0, 0.05) is 43.9 Å². The Hall–Kier alpha value is -2.77. The van der Waals surface area contributed by atoms with Gasteiger partial charge >= 0.3 is 0 Å². The first-order chi connectivity index (χ1) is 13.4. The topological polar surface area (TPSA) is 58.6 Å². The summed E-state index contributed by atoms with van der Waals surface area (Å²) in [6, 6.07) is 4.44. The zero-order valence-electron chi connectivity index (χ0n) is 16.2. The predicted molar refractivity (Wildman–Crippen MR) is 101 cm³/mol. The Balaban J connectivity index is 1.63. The number of methoxy groups -OCH3 is 1. The number of carbonyl (C=O) groups is 1. The van der Waals surface area contributed by atoms with Gasteiger partial charge in [-0.05, 0) is 38.0 Å². The van der Waals surface area contributed by atoms with Crippen LogP contribution in [0.5, 0.6) is 5.88 Å². The molecule has 0 aliphatic carbocycles. The number of halogens is 2. The first kappa shape index (κ1) is 20.0. The van der Waals surface area contributed by atoms with Crippen molar-refractivity contribution in [3.8, 4) is 5.88 Å². The van der Waals surface area contributed by atoms with Gasteiger partial charge in [-0.15, -0.1) is 0 Å². The molecule has 2 heterocycles. The van der Waals surface area contributed by atoms with E-state index >= 15 is 0 Å². The Morgan fingerprint density at radius 2 is 2.00 bits per heavy atom. The van der Waals surface area contributed by atoms with Crippen LogP contribution in [0.2, 0.25) is 0 Å². The van der Waals surface area contributed by atoms with Crippen molar-refractivity contribution in [1.82, 2.24) is 14.9 Å². The van der Waals surface area contributed by atoms with Crippen LogP contribution in [0.25, 0.3) is 0 Å². The number of hydrogen-bond donors (Lipinski definition) is 0. The van der Waals surface area contributed by atoms with Gasteiger partial charge in [0.1, 0.15) is 11.6 Å². The number of anilines is 1. The molecule has 0 spiro atoms. The van der Waals surface area contributed by atoms with Crippen LogP contribution in [0.3, 0.4) is 0 Å². The van der Waals surface area contributed by atoms with E-state index in [1.807, 2.05) is 4.90 Å². The molecule has 6 nitrogen and oxygen atoms in total. The Morgan fingerprint density at radius 3 is 2.68 bits per heavy atom. The summed E-state index contributed by atoms with van der Waals surface area (Å²) in [5.74, 6) is -0.203. The Kier molecular flexibility index (Phi) is 6.06. The number of hydrogen-bond acceptors (Lipinski definition) is 5. The highest BCUT2D eigenvalue weighted by Crippen LogP contribution is 2.28. The highest BCUT2D eigenvalue weighted by Gasteiger charge is 2.31. The minimum atomic E-state index is -0.553. The van der Waals surface area contributed by atoms with Crippen LogP contribution in [-0.2, 0) is 4.79 Å². The summed E-state index contributed by atoms with van der Waals surface area (Å²) in [5.41, 5.74) is 0.179. The summed E-state index contributed by atoms with van der Waals surface area (Å²) >= 11 is 0. The molecule has 8 heteroatoms. The number of benzene rings is 1. The third-order valence-electron chi connectivity index (χ3n) is 5.29. The van der Waals surface area contributed by atoms with E-state index in [1.165, 1.54) is 4.90 Å². The lowest BCUT2D eigenvalue weighted by Crippen LogP contribution is -2.42. The number of rotatable bonds is 5. The van der Waals surface area contributed by atoms with E-state index in [2.05, 4.69) is 9.97 Å². The molecule has 1 atom stereocenters. The normalized spacial score (nSPS) is 16.0. The SMILES string of the molecule is COc1ccnc(N2CCC(C(=O)N(C)C(C)c3cc(F)ccc3F)CC2)n1. The standard InChI is InChI=1S/C20H24F2N4O2/c1-13(16-12-15(21)4-5-17(16)22)25(2)19(27)14-7-10-26(11-8-14)20-23-9-6-18(24-20)28-3/h4-6,9,12-14H,7-8,10-11H2,1-3H3. The summed E-state index contributed by atoms with van der Waals surface area (Å²) in [4.78, 5) is 25.0. The second kappa shape index (κ2) is 8.50. The predicted octanol–water partition coefficient (Wildman–Crippen LogP) is 3.20. The lowest BCUT2D eigenvalue weighted by atomic mass is 9.94. The molecule has 1 unspecified atom stereocenters. The summed E-state index contributed by atoms with van der Waals surface area (Å²) in [6.45, 7) is 2.98. The third-order valence-corrected chi connectivity index (χ3v) is 5.29. The molecule has 0 saturated carbocycles. The van der Waals surface area contributed by atoms with E-state index < -0.39 is 17.7 Å². The molecule has 3 rings (SSSR count). The monoisotopic (exact) mass is 390 g/mol. The van der Waals surface area contributed by atoms with Gasteiger partial charge in [0.2, 0.25) is 17.7 Å². The van der Waals surface area contributed by atoms with E-state index in [-0.39, 0.29) is 17.4 Å². The molecule has 0 N–H and O–H groups in total. The first-order valence-electron chi connectivity index (χ1n) is 9.24. The fraction of sp³-hybridized carbons (Fsp3) is 0.450. The molecule has 1 aliphatic rings. The maximum absolute atomic E-state index is 14.1. The summed E-state index contributed by atoms with van der Waals surface area (Å²) < 4.78 is 32.7. The average molecular weight is 390 g/mol. The van der Waals surface area contributed by atoms with Gasteiger partial charge in [-0.3, -0.25) is 4.79 Å². The van der Waals surface area contributed by atoms with Gasteiger partial charge in [0.05, 0.1) is 13.2 Å².